The van der Waals surface area contributed by atoms with E-state index < -0.39 is 0 Å². The van der Waals surface area contributed by atoms with Gasteiger partial charge in [0.25, 0.3) is 0 Å². The molecule has 3 aromatic rings. The second kappa shape index (κ2) is 8.15. The molecule has 3 N–H and O–H groups in total. The van der Waals surface area contributed by atoms with Crippen LogP contribution in [0, 0.1) is 0 Å². The molecule has 6 nitrogen and oxygen atoms in total. The summed E-state index contributed by atoms with van der Waals surface area (Å²) < 4.78 is 8.48. The van der Waals surface area contributed by atoms with Gasteiger partial charge in [0.15, 0.2) is 0 Å². The number of anilines is 2. The molecule has 1 heterocycles. The highest BCUT2D eigenvalue weighted by molar-refractivity contribution is 7.97. The molecule has 1 aromatic heterocycles. The number of hydrogen-bond acceptors (Lipinski definition) is 7. The summed E-state index contributed by atoms with van der Waals surface area (Å²) in [5.74, 6) is 1.45. The van der Waals surface area contributed by atoms with Gasteiger partial charge in [0.05, 0.1) is 13.2 Å². The van der Waals surface area contributed by atoms with Crippen LogP contribution in [0.3, 0.4) is 0 Å². The van der Waals surface area contributed by atoms with Crippen molar-refractivity contribution in [2.24, 2.45) is 0 Å². The number of aromatic nitrogens is 2. The van der Waals surface area contributed by atoms with E-state index in [1.54, 1.807) is 14.0 Å². The van der Waals surface area contributed by atoms with Gasteiger partial charge in [-0.15, -0.1) is 0 Å². The van der Waals surface area contributed by atoms with E-state index in [2.05, 4.69) is 20.0 Å². The molecule has 0 aliphatic heterocycles. The van der Waals surface area contributed by atoms with E-state index in [0.29, 0.717) is 6.54 Å². The predicted molar refractivity (Wildman–Crippen MR) is 101 cm³/mol. The van der Waals surface area contributed by atoms with Crippen LogP contribution in [-0.4, -0.2) is 34.8 Å². The number of rotatable bonds is 7. The van der Waals surface area contributed by atoms with Crippen LogP contribution in [0.1, 0.15) is 6.92 Å². The number of methoxy groups -OCH3 is 1. The van der Waals surface area contributed by atoms with Crippen molar-refractivity contribution in [1.29, 1.82) is 0 Å². The lowest BCUT2D eigenvalue weighted by molar-refractivity contribution is 0.200. The minimum atomic E-state index is -0.364. The van der Waals surface area contributed by atoms with Gasteiger partial charge in [-0.3, -0.25) is 4.72 Å². The SMILES string of the molecule is COc1cccc2c(Nc3ccc(SNCC(C)O)cc3)ncnc12. The van der Waals surface area contributed by atoms with E-state index in [-0.39, 0.29) is 6.10 Å². The zero-order valence-corrected chi connectivity index (χ0v) is 14.9. The Balaban J connectivity index is 1.75. The summed E-state index contributed by atoms with van der Waals surface area (Å²) in [5, 5.41) is 13.5. The summed E-state index contributed by atoms with van der Waals surface area (Å²) in [7, 11) is 1.63. The van der Waals surface area contributed by atoms with E-state index >= 15 is 0 Å². The third kappa shape index (κ3) is 4.39. The van der Waals surface area contributed by atoms with Crippen LogP contribution in [0.25, 0.3) is 10.9 Å². The lowest BCUT2D eigenvalue weighted by Gasteiger charge is -2.11. The van der Waals surface area contributed by atoms with E-state index in [1.807, 2.05) is 42.5 Å². The average Bonchev–Trinajstić information content (AvgIpc) is 2.62. The topological polar surface area (TPSA) is 79.3 Å². The molecule has 0 spiro atoms. The van der Waals surface area contributed by atoms with Gasteiger partial charge in [0.2, 0.25) is 0 Å². The first-order valence-corrected chi connectivity index (χ1v) is 8.71. The van der Waals surface area contributed by atoms with Gasteiger partial charge in [-0.05, 0) is 55.3 Å². The minimum Gasteiger partial charge on any atom is -0.494 e. The molecule has 0 aliphatic rings. The molecular weight excluding hydrogens is 336 g/mol. The van der Waals surface area contributed by atoms with Crippen LogP contribution in [0.5, 0.6) is 5.75 Å². The third-order valence-corrected chi connectivity index (χ3v) is 4.35. The lowest BCUT2D eigenvalue weighted by atomic mass is 10.2. The average molecular weight is 356 g/mol. The molecule has 1 atom stereocenters. The van der Waals surface area contributed by atoms with Crippen LogP contribution in [0.2, 0.25) is 0 Å². The number of benzene rings is 2. The van der Waals surface area contributed by atoms with Crippen molar-refractivity contribution in [2.75, 3.05) is 19.0 Å². The van der Waals surface area contributed by atoms with Crippen LogP contribution in [0.15, 0.2) is 53.7 Å². The molecule has 2 aromatic carbocycles. The van der Waals surface area contributed by atoms with Crippen LogP contribution in [-0.2, 0) is 0 Å². The van der Waals surface area contributed by atoms with E-state index in [9.17, 15) is 5.11 Å². The van der Waals surface area contributed by atoms with Crippen molar-refractivity contribution in [1.82, 2.24) is 14.7 Å². The zero-order chi connectivity index (χ0) is 17.6. The number of para-hydroxylation sites is 1. The highest BCUT2D eigenvalue weighted by Gasteiger charge is 2.08. The first kappa shape index (κ1) is 17.5. The zero-order valence-electron chi connectivity index (χ0n) is 14.1. The first-order chi connectivity index (χ1) is 12.2. The maximum absolute atomic E-state index is 9.26. The largest absolute Gasteiger partial charge is 0.494 e. The molecule has 0 fully saturated rings. The Morgan fingerprint density at radius 2 is 1.96 bits per heavy atom. The van der Waals surface area contributed by atoms with Gasteiger partial charge in [-0.2, -0.15) is 0 Å². The molecule has 7 heteroatoms. The third-order valence-electron chi connectivity index (χ3n) is 3.53. The number of aliphatic hydroxyl groups is 1. The molecule has 0 radical (unpaired) electrons. The second-order valence-corrected chi connectivity index (χ2v) is 6.49. The minimum absolute atomic E-state index is 0.364. The maximum atomic E-state index is 9.26. The van der Waals surface area contributed by atoms with Gasteiger partial charge in [0.1, 0.15) is 23.4 Å². The van der Waals surface area contributed by atoms with Gasteiger partial charge in [-0.1, -0.05) is 6.07 Å². The van der Waals surface area contributed by atoms with Crippen molar-refractivity contribution in [3.63, 3.8) is 0 Å². The molecule has 0 saturated carbocycles. The normalized spacial score (nSPS) is 12.1. The monoisotopic (exact) mass is 356 g/mol. The number of hydrogen-bond donors (Lipinski definition) is 3. The Hall–Kier alpha value is -2.35. The molecule has 0 bridgehead atoms. The predicted octanol–water partition coefficient (Wildman–Crippen LogP) is 3.36. The van der Waals surface area contributed by atoms with E-state index in [1.165, 1.54) is 18.3 Å². The number of nitrogens with zero attached hydrogens (tertiary/aromatic N) is 2. The summed E-state index contributed by atoms with van der Waals surface area (Å²) in [6.45, 7) is 2.29. The smallest absolute Gasteiger partial charge is 0.145 e. The Morgan fingerprint density at radius 1 is 1.16 bits per heavy atom. The number of nitrogens with one attached hydrogen (secondary N) is 2. The Kier molecular flexibility index (Phi) is 5.70. The van der Waals surface area contributed by atoms with Crippen molar-refractivity contribution < 1.29 is 9.84 Å². The maximum Gasteiger partial charge on any atom is 0.145 e. The van der Waals surface area contributed by atoms with Crippen molar-refractivity contribution in [3.05, 3.63) is 48.8 Å². The molecule has 0 aliphatic carbocycles. The Bertz CT molecular complexity index is 840. The van der Waals surface area contributed by atoms with Crippen molar-refractivity contribution >= 4 is 34.4 Å². The Labute approximate surface area is 150 Å². The molecule has 1 unspecified atom stereocenters. The molecular formula is C18H20N4O2S. The summed E-state index contributed by atoms with van der Waals surface area (Å²) in [6.07, 6.45) is 1.16. The quantitative estimate of drug-likeness (QED) is 0.560. The van der Waals surface area contributed by atoms with E-state index in [4.69, 9.17) is 4.74 Å². The standard InChI is InChI=1S/C18H20N4O2S/c1-12(23)10-21-25-14-8-6-13(7-9-14)22-18-15-4-3-5-16(24-2)17(15)19-11-20-18/h3-9,11-12,21,23H,10H2,1-2H3,(H,19,20,22). The van der Waals surface area contributed by atoms with Crippen LogP contribution < -0.4 is 14.8 Å². The number of fused-ring (bicyclic) bond motifs is 1. The van der Waals surface area contributed by atoms with Crippen LogP contribution in [0.4, 0.5) is 11.5 Å². The van der Waals surface area contributed by atoms with E-state index in [0.717, 1.165) is 33.1 Å². The summed E-state index contributed by atoms with van der Waals surface area (Å²) in [4.78, 5) is 9.72. The molecule has 25 heavy (non-hydrogen) atoms. The fourth-order valence-electron chi connectivity index (χ4n) is 2.31. The van der Waals surface area contributed by atoms with Gasteiger partial charge < -0.3 is 15.2 Å². The van der Waals surface area contributed by atoms with Crippen LogP contribution >= 0.6 is 11.9 Å². The van der Waals surface area contributed by atoms with Gasteiger partial charge >= 0.3 is 0 Å². The fraction of sp³-hybridized carbons (Fsp3) is 0.222. The highest BCUT2D eigenvalue weighted by atomic mass is 32.2. The Morgan fingerprint density at radius 3 is 2.68 bits per heavy atom. The van der Waals surface area contributed by atoms with Gasteiger partial charge in [0, 0.05) is 22.5 Å². The summed E-state index contributed by atoms with van der Waals surface area (Å²) in [6, 6.07) is 13.7. The lowest BCUT2D eigenvalue weighted by Crippen LogP contribution is -2.18. The highest BCUT2D eigenvalue weighted by Crippen LogP contribution is 2.29. The van der Waals surface area contributed by atoms with Crippen molar-refractivity contribution in [2.45, 2.75) is 17.9 Å². The molecule has 0 amide bonds. The summed E-state index contributed by atoms with van der Waals surface area (Å²) in [5.41, 5.74) is 1.71. The molecule has 0 saturated heterocycles. The fourth-order valence-corrected chi connectivity index (χ4v) is 3.08. The molecule has 130 valence electrons. The summed E-state index contributed by atoms with van der Waals surface area (Å²) >= 11 is 1.49. The first-order valence-electron chi connectivity index (χ1n) is 7.90. The van der Waals surface area contributed by atoms with Crippen molar-refractivity contribution in [3.8, 4) is 5.75 Å². The number of ether oxygens (including phenoxy) is 1. The second-order valence-electron chi connectivity index (χ2n) is 5.53. The number of aliphatic hydroxyl groups excluding tert-OH is 1. The van der Waals surface area contributed by atoms with Gasteiger partial charge in [-0.25, -0.2) is 9.97 Å². The molecule has 3 rings (SSSR count).